The van der Waals surface area contributed by atoms with Crippen LogP contribution in [0.25, 0.3) is 22.3 Å². The van der Waals surface area contributed by atoms with Crippen LogP contribution < -0.4 is 20.9 Å². The van der Waals surface area contributed by atoms with Gasteiger partial charge in [0.15, 0.2) is 0 Å². The molecule has 2 atom stereocenters. The van der Waals surface area contributed by atoms with Gasteiger partial charge in [-0.25, -0.2) is 9.37 Å². The first kappa shape index (κ1) is 30.4. The van der Waals surface area contributed by atoms with Crippen molar-refractivity contribution in [2.24, 2.45) is 7.05 Å². The van der Waals surface area contributed by atoms with Crippen LogP contribution in [0.3, 0.4) is 0 Å². The summed E-state index contributed by atoms with van der Waals surface area (Å²) in [5, 5.41) is 16.6. The number of carbonyl (C=O) groups is 1. The molecule has 1 aliphatic heterocycles. The van der Waals surface area contributed by atoms with E-state index in [0.717, 1.165) is 11.1 Å². The topological polar surface area (TPSA) is 115 Å². The van der Waals surface area contributed by atoms with Gasteiger partial charge in [0.25, 0.3) is 11.5 Å². The molecule has 2 heterocycles. The van der Waals surface area contributed by atoms with E-state index in [9.17, 15) is 14.7 Å². The Kier molecular flexibility index (Phi) is 9.22. The maximum atomic E-state index is 15.5. The number of aliphatic hydroxyl groups excluding tert-OH is 1. The smallest absolute Gasteiger partial charge is 0.265 e. The lowest BCUT2D eigenvalue weighted by Gasteiger charge is -2.29. The molecule has 11 heteroatoms. The molecule has 3 aromatic carbocycles. The number of methoxy groups -OCH3 is 1. The Morgan fingerprint density at radius 3 is 2.72 bits per heavy atom. The number of aromatic nitrogens is 2. The molecule has 4 aromatic rings. The molecule has 1 aliphatic rings. The fourth-order valence-corrected chi connectivity index (χ4v) is 5.53. The summed E-state index contributed by atoms with van der Waals surface area (Å²) in [4.78, 5) is 29.2. The number of ether oxygens (including phenoxy) is 2. The summed E-state index contributed by atoms with van der Waals surface area (Å²) >= 11 is 6.95. The molecule has 1 amide bonds. The Hall–Kier alpha value is -4.09. The zero-order chi connectivity index (χ0) is 30.7. The van der Waals surface area contributed by atoms with Crippen LogP contribution in [0, 0.1) is 12.7 Å². The molecule has 3 N–H and O–H groups in total. The lowest BCUT2D eigenvalue weighted by molar-refractivity contribution is -0.0281. The minimum Gasteiger partial charge on any atom is -0.496 e. The Balaban J connectivity index is 1.44. The van der Waals surface area contributed by atoms with Crippen molar-refractivity contribution in [2.45, 2.75) is 32.0 Å². The second kappa shape index (κ2) is 13.0. The number of rotatable bonds is 8. The number of hydrogen-bond acceptors (Lipinski definition) is 7. The summed E-state index contributed by atoms with van der Waals surface area (Å²) in [6.07, 6.45) is 2.53. The van der Waals surface area contributed by atoms with Gasteiger partial charge in [-0.3, -0.25) is 9.59 Å². The van der Waals surface area contributed by atoms with Crippen LogP contribution in [0.1, 0.15) is 27.9 Å². The van der Waals surface area contributed by atoms with Crippen LogP contribution in [0.4, 0.5) is 10.1 Å². The van der Waals surface area contributed by atoms with Gasteiger partial charge in [-0.15, -0.1) is 0 Å². The summed E-state index contributed by atoms with van der Waals surface area (Å²) in [5.41, 5.74) is 3.63. The third-order valence-electron chi connectivity index (χ3n) is 7.66. The molecule has 0 radical (unpaired) electrons. The molecule has 0 spiro atoms. The largest absolute Gasteiger partial charge is 0.496 e. The van der Waals surface area contributed by atoms with Crippen molar-refractivity contribution in [1.29, 1.82) is 0 Å². The van der Waals surface area contributed by atoms with Gasteiger partial charge < -0.3 is 29.8 Å². The predicted octanol–water partition coefficient (Wildman–Crippen LogP) is 4.72. The standard InChI is InChI=1S/C32H32ClFN4O5/c1-18-20(6-5-9-26(18)37-31(40)24-14-35-17-38(2)32(24)41)22-8-4-7-21(30(22)33)19-12-25(34)23(29(13-19)42-3)15-36-27-10-11-43-16-28(27)39/h4-9,12-14,17,27-28,36,39H,10-11,15-16H2,1-3H3,(H,37,40)/t27-,28+/m1/s1. The van der Waals surface area contributed by atoms with Crippen LogP contribution >= 0.6 is 11.6 Å². The van der Waals surface area contributed by atoms with Crippen LogP contribution in [-0.4, -0.2) is 53.0 Å². The predicted molar refractivity (Wildman–Crippen MR) is 163 cm³/mol. The highest BCUT2D eigenvalue weighted by atomic mass is 35.5. The van der Waals surface area contributed by atoms with Crippen LogP contribution in [0.2, 0.25) is 5.02 Å². The number of benzene rings is 3. The minimum absolute atomic E-state index is 0.0756. The Morgan fingerprint density at radius 2 is 1.95 bits per heavy atom. The van der Waals surface area contributed by atoms with E-state index >= 15 is 4.39 Å². The molecule has 9 nitrogen and oxygen atoms in total. The number of aliphatic hydroxyl groups is 1. The number of halogens is 2. The summed E-state index contributed by atoms with van der Waals surface area (Å²) in [6, 6.07) is 13.8. The van der Waals surface area contributed by atoms with Crippen LogP contribution in [0.15, 0.2) is 65.8 Å². The summed E-state index contributed by atoms with van der Waals surface area (Å²) < 4.78 is 27.6. The van der Waals surface area contributed by atoms with E-state index in [2.05, 4.69) is 15.6 Å². The average molecular weight is 607 g/mol. The molecule has 1 saturated heterocycles. The molecule has 224 valence electrons. The number of hydrogen-bond donors (Lipinski definition) is 3. The van der Waals surface area contributed by atoms with Crippen LogP contribution in [-0.2, 0) is 18.3 Å². The highest BCUT2D eigenvalue weighted by molar-refractivity contribution is 6.36. The average Bonchev–Trinajstić information content (AvgIpc) is 2.99. The van der Waals surface area contributed by atoms with Crippen LogP contribution in [0.5, 0.6) is 5.75 Å². The van der Waals surface area contributed by atoms with E-state index in [1.807, 2.05) is 25.1 Å². The fourth-order valence-electron chi connectivity index (χ4n) is 5.19. The highest BCUT2D eigenvalue weighted by Gasteiger charge is 2.25. The molecule has 1 fully saturated rings. The number of nitrogens with one attached hydrogen (secondary N) is 2. The van der Waals surface area contributed by atoms with Crippen molar-refractivity contribution in [2.75, 3.05) is 25.6 Å². The van der Waals surface area contributed by atoms with Gasteiger partial charge in [0, 0.05) is 54.8 Å². The number of carbonyl (C=O) groups excluding carboxylic acids is 1. The Morgan fingerprint density at radius 1 is 1.21 bits per heavy atom. The van der Waals surface area contributed by atoms with E-state index in [1.165, 1.54) is 37.3 Å². The quantitative estimate of drug-likeness (QED) is 0.266. The Bertz CT molecular complexity index is 1730. The van der Waals surface area contributed by atoms with Gasteiger partial charge in [-0.2, -0.15) is 0 Å². The maximum Gasteiger partial charge on any atom is 0.265 e. The van der Waals surface area contributed by atoms with Gasteiger partial charge in [-0.1, -0.05) is 41.9 Å². The third-order valence-corrected chi connectivity index (χ3v) is 8.07. The number of amides is 1. The summed E-state index contributed by atoms with van der Waals surface area (Å²) in [5.74, 6) is -0.683. The fraction of sp³-hybridized carbons (Fsp3) is 0.281. The van der Waals surface area contributed by atoms with Gasteiger partial charge in [-0.05, 0) is 48.2 Å². The monoisotopic (exact) mass is 606 g/mol. The molecule has 1 aromatic heterocycles. The van der Waals surface area contributed by atoms with E-state index in [0.29, 0.717) is 51.7 Å². The van der Waals surface area contributed by atoms with E-state index < -0.39 is 23.4 Å². The first-order chi connectivity index (χ1) is 20.7. The first-order valence-electron chi connectivity index (χ1n) is 13.8. The molecule has 0 saturated carbocycles. The van der Waals surface area contributed by atoms with Crippen molar-refractivity contribution >= 4 is 23.2 Å². The lowest BCUT2D eigenvalue weighted by atomic mass is 9.94. The number of aryl methyl sites for hydroxylation is 1. The van der Waals surface area contributed by atoms with Crippen molar-refractivity contribution in [3.05, 3.63) is 98.9 Å². The van der Waals surface area contributed by atoms with E-state index in [-0.39, 0.29) is 24.8 Å². The molecule has 0 bridgehead atoms. The van der Waals surface area contributed by atoms with Crippen molar-refractivity contribution in [3.63, 3.8) is 0 Å². The number of nitrogens with zero attached hydrogens (tertiary/aromatic N) is 2. The van der Waals surface area contributed by atoms with Crippen molar-refractivity contribution in [3.8, 4) is 28.0 Å². The Labute approximate surface area is 253 Å². The second-order valence-corrected chi connectivity index (χ2v) is 10.8. The zero-order valence-corrected chi connectivity index (χ0v) is 24.7. The molecule has 5 rings (SSSR count). The molecular formula is C32H32ClFN4O5. The molecule has 0 aliphatic carbocycles. The SMILES string of the molecule is COc1cc(-c2cccc(-c3cccc(NC(=O)c4cncn(C)c4=O)c3C)c2Cl)cc(F)c1CN[C@@H]1CCOC[C@@H]1O. The van der Waals surface area contributed by atoms with Gasteiger partial charge in [0.1, 0.15) is 17.1 Å². The highest BCUT2D eigenvalue weighted by Crippen LogP contribution is 2.40. The second-order valence-electron chi connectivity index (χ2n) is 10.4. The van der Waals surface area contributed by atoms with Gasteiger partial charge >= 0.3 is 0 Å². The van der Waals surface area contributed by atoms with E-state index in [1.54, 1.807) is 24.3 Å². The third kappa shape index (κ3) is 6.33. The van der Waals surface area contributed by atoms with Crippen molar-refractivity contribution < 1.29 is 23.8 Å². The van der Waals surface area contributed by atoms with Crippen molar-refractivity contribution in [1.82, 2.24) is 14.9 Å². The zero-order valence-electron chi connectivity index (χ0n) is 24.0. The maximum absolute atomic E-state index is 15.5. The van der Waals surface area contributed by atoms with Gasteiger partial charge in [0.2, 0.25) is 0 Å². The summed E-state index contributed by atoms with van der Waals surface area (Å²) in [6.45, 7) is 2.79. The molecule has 43 heavy (non-hydrogen) atoms. The van der Waals surface area contributed by atoms with Gasteiger partial charge in [0.05, 0.1) is 31.2 Å². The minimum atomic E-state index is -0.665. The molecular weight excluding hydrogens is 575 g/mol. The normalized spacial score (nSPS) is 16.6. The first-order valence-corrected chi connectivity index (χ1v) is 14.1. The summed E-state index contributed by atoms with van der Waals surface area (Å²) in [7, 11) is 3.01. The lowest BCUT2D eigenvalue weighted by Crippen LogP contribution is -2.46. The van der Waals surface area contributed by atoms with E-state index in [4.69, 9.17) is 21.1 Å². The number of anilines is 1. The molecule has 0 unspecified atom stereocenters.